The topological polar surface area (TPSA) is 83.5 Å². The molecular weight excluding hydrogens is 582 g/mol. The summed E-state index contributed by atoms with van der Waals surface area (Å²) in [5, 5.41) is 0. The number of benzene rings is 3. The summed E-state index contributed by atoms with van der Waals surface area (Å²) < 4.78 is 29.3. The first-order valence-corrected chi connectivity index (χ1v) is 16.4. The Labute approximate surface area is 273 Å². The van der Waals surface area contributed by atoms with E-state index >= 15 is 0 Å². The van der Waals surface area contributed by atoms with E-state index in [1.165, 1.54) is 0 Å². The summed E-state index contributed by atoms with van der Waals surface area (Å²) in [6.07, 6.45) is 1.16. The summed E-state index contributed by atoms with van der Waals surface area (Å²) in [4.78, 5) is 29.2. The number of carbonyl (C=O) groups excluding carboxylic acids is 2. The molecule has 0 aliphatic carbocycles. The zero-order valence-electron chi connectivity index (χ0n) is 28.9. The number of nitrogens with zero attached hydrogens (tertiary/aromatic N) is 1. The molecule has 4 rings (SSSR count). The fourth-order valence-electron chi connectivity index (χ4n) is 6.30. The average Bonchev–Trinajstić information content (AvgIpc) is 3.04. The second-order valence-corrected chi connectivity index (χ2v) is 11.6. The molecule has 1 aliphatic heterocycles. The van der Waals surface area contributed by atoms with E-state index in [4.69, 9.17) is 23.7 Å². The van der Waals surface area contributed by atoms with Gasteiger partial charge in [0.1, 0.15) is 0 Å². The fourth-order valence-corrected chi connectivity index (χ4v) is 6.30. The molecular formula is C38H49NO7. The Balaban J connectivity index is 1.69. The first-order valence-electron chi connectivity index (χ1n) is 16.4. The van der Waals surface area contributed by atoms with Crippen LogP contribution in [-0.4, -0.2) is 56.4 Å². The van der Waals surface area contributed by atoms with Crippen molar-refractivity contribution in [2.75, 3.05) is 39.6 Å². The maximum atomic E-state index is 13.9. The van der Waals surface area contributed by atoms with Gasteiger partial charge in [0, 0.05) is 6.54 Å². The molecule has 0 aromatic heterocycles. The number of fused-ring (bicyclic) bond motifs is 1. The molecule has 1 aliphatic rings. The second-order valence-electron chi connectivity index (χ2n) is 11.6. The Bertz CT molecular complexity index is 1550. The van der Waals surface area contributed by atoms with Crippen LogP contribution in [0, 0.1) is 34.6 Å². The van der Waals surface area contributed by atoms with Crippen LogP contribution in [-0.2, 0) is 22.4 Å². The van der Waals surface area contributed by atoms with E-state index in [2.05, 4.69) is 6.92 Å². The molecule has 0 saturated carbocycles. The van der Waals surface area contributed by atoms with E-state index in [-0.39, 0.29) is 18.6 Å². The number of hydrogen-bond acceptors (Lipinski definition) is 7. The van der Waals surface area contributed by atoms with Crippen molar-refractivity contribution in [1.82, 2.24) is 4.90 Å². The summed E-state index contributed by atoms with van der Waals surface area (Å²) >= 11 is 0. The molecule has 0 fully saturated rings. The molecule has 1 amide bonds. The van der Waals surface area contributed by atoms with Gasteiger partial charge in [-0.3, -0.25) is 4.79 Å². The van der Waals surface area contributed by atoms with Gasteiger partial charge >= 0.3 is 5.97 Å². The van der Waals surface area contributed by atoms with Gasteiger partial charge in [-0.1, -0.05) is 6.07 Å². The Morgan fingerprint density at radius 3 is 1.80 bits per heavy atom. The predicted molar refractivity (Wildman–Crippen MR) is 180 cm³/mol. The Kier molecular flexibility index (Phi) is 11.6. The molecule has 1 unspecified atom stereocenters. The van der Waals surface area contributed by atoms with Crippen LogP contribution in [0.15, 0.2) is 30.3 Å². The number of amides is 1. The van der Waals surface area contributed by atoms with Crippen LogP contribution in [0.3, 0.4) is 0 Å². The number of hydrogen-bond donors (Lipinski definition) is 0. The van der Waals surface area contributed by atoms with Crippen molar-refractivity contribution in [2.45, 2.75) is 81.2 Å². The molecule has 3 aromatic rings. The van der Waals surface area contributed by atoms with Crippen molar-refractivity contribution in [3.05, 3.63) is 80.4 Å². The van der Waals surface area contributed by atoms with Gasteiger partial charge in [-0.25, -0.2) is 4.79 Å². The molecule has 0 saturated heterocycles. The van der Waals surface area contributed by atoms with Gasteiger partial charge in [0.2, 0.25) is 0 Å². The zero-order chi connectivity index (χ0) is 33.5. The summed E-state index contributed by atoms with van der Waals surface area (Å²) in [5.41, 5.74) is 8.68. The molecule has 8 nitrogen and oxygen atoms in total. The maximum absolute atomic E-state index is 13.9. The molecule has 0 bridgehead atoms. The number of rotatable bonds is 13. The lowest BCUT2D eigenvalue weighted by atomic mass is 9.88. The van der Waals surface area contributed by atoms with E-state index in [0.29, 0.717) is 74.4 Å². The van der Waals surface area contributed by atoms with Crippen molar-refractivity contribution >= 4 is 11.9 Å². The molecule has 3 aromatic carbocycles. The Morgan fingerprint density at radius 2 is 1.22 bits per heavy atom. The molecule has 8 heteroatoms. The quantitative estimate of drug-likeness (QED) is 0.183. The third-order valence-electron chi connectivity index (χ3n) is 9.05. The molecule has 248 valence electrons. The Morgan fingerprint density at radius 1 is 0.696 bits per heavy atom. The van der Waals surface area contributed by atoms with Crippen molar-refractivity contribution in [2.24, 2.45) is 0 Å². The van der Waals surface area contributed by atoms with E-state index in [1.807, 2.05) is 90.6 Å². The van der Waals surface area contributed by atoms with Crippen molar-refractivity contribution in [1.29, 1.82) is 0 Å². The van der Waals surface area contributed by atoms with Gasteiger partial charge in [-0.05, 0) is 144 Å². The monoisotopic (exact) mass is 631 g/mol. The SMILES string of the molecule is CCOc1ccc(CC2c3cc(OCC)c(OCC)cc3CCN2C(=O)COC(=O)c2c(C)c(C)c(C)c(C)c2C)cc1OCC. The highest BCUT2D eigenvalue weighted by Gasteiger charge is 2.33. The van der Waals surface area contributed by atoms with Gasteiger partial charge in [-0.2, -0.15) is 0 Å². The molecule has 1 heterocycles. The number of esters is 1. The fraction of sp³-hybridized carbons (Fsp3) is 0.474. The third-order valence-corrected chi connectivity index (χ3v) is 9.05. The summed E-state index contributed by atoms with van der Waals surface area (Å²) in [7, 11) is 0. The first kappa shape index (κ1) is 34.7. The van der Waals surface area contributed by atoms with Crippen molar-refractivity contribution in [3.8, 4) is 23.0 Å². The summed E-state index contributed by atoms with van der Waals surface area (Å²) in [5.74, 6) is 1.97. The highest BCUT2D eigenvalue weighted by Crippen LogP contribution is 2.41. The van der Waals surface area contributed by atoms with E-state index in [9.17, 15) is 9.59 Å². The van der Waals surface area contributed by atoms with Crippen molar-refractivity contribution < 1.29 is 33.3 Å². The summed E-state index contributed by atoms with van der Waals surface area (Å²) in [6, 6.07) is 9.62. The van der Waals surface area contributed by atoms with E-state index in [1.54, 1.807) is 0 Å². The average molecular weight is 632 g/mol. The van der Waals surface area contributed by atoms with Gasteiger partial charge in [0.15, 0.2) is 29.6 Å². The lowest BCUT2D eigenvalue weighted by molar-refractivity contribution is -0.137. The van der Waals surface area contributed by atoms with Crippen LogP contribution in [0.2, 0.25) is 0 Å². The van der Waals surface area contributed by atoms with E-state index in [0.717, 1.165) is 44.5 Å². The number of ether oxygens (including phenoxy) is 5. The first-order chi connectivity index (χ1) is 22.1. The van der Waals surface area contributed by atoms with Gasteiger partial charge in [0.05, 0.1) is 38.0 Å². The van der Waals surface area contributed by atoms with Gasteiger partial charge < -0.3 is 28.6 Å². The molecule has 0 radical (unpaired) electrons. The van der Waals surface area contributed by atoms with E-state index < -0.39 is 5.97 Å². The highest BCUT2D eigenvalue weighted by molar-refractivity contribution is 5.95. The molecule has 1 atom stereocenters. The highest BCUT2D eigenvalue weighted by atomic mass is 16.5. The van der Waals surface area contributed by atoms with Crippen LogP contribution in [0.25, 0.3) is 0 Å². The normalized spacial score (nSPS) is 14.0. The summed E-state index contributed by atoms with van der Waals surface area (Å²) in [6.45, 7) is 19.9. The van der Waals surface area contributed by atoms with Crippen LogP contribution in [0.4, 0.5) is 0 Å². The van der Waals surface area contributed by atoms with Crippen LogP contribution in [0.5, 0.6) is 23.0 Å². The standard InChI is InChI=1S/C38H49NO7/c1-10-42-32-15-14-28(19-33(32)43-11-2)18-31-30-21-35(45-13-4)34(44-12-3)20-29(30)16-17-39(31)36(40)22-46-38(41)37-26(8)24(6)23(5)25(7)27(37)9/h14-15,19-21,31H,10-13,16-18,22H2,1-9H3. The lowest BCUT2D eigenvalue weighted by Gasteiger charge is -2.38. The van der Waals surface area contributed by atoms with Crippen LogP contribution >= 0.6 is 0 Å². The minimum atomic E-state index is -0.476. The molecule has 0 N–H and O–H groups in total. The van der Waals surface area contributed by atoms with Crippen molar-refractivity contribution in [3.63, 3.8) is 0 Å². The predicted octanol–water partition coefficient (Wildman–Crippen LogP) is 7.35. The lowest BCUT2D eigenvalue weighted by Crippen LogP contribution is -2.43. The van der Waals surface area contributed by atoms with Crippen LogP contribution in [0.1, 0.15) is 88.6 Å². The Hall–Kier alpha value is -4.20. The number of carbonyl (C=O) groups is 2. The molecule has 46 heavy (non-hydrogen) atoms. The van der Waals surface area contributed by atoms with Gasteiger partial charge in [-0.15, -0.1) is 0 Å². The molecule has 0 spiro atoms. The maximum Gasteiger partial charge on any atom is 0.339 e. The smallest absolute Gasteiger partial charge is 0.339 e. The van der Waals surface area contributed by atoms with Crippen LogP contribution < -0.4 is 18.9 Å². The minimum Gasteiger partial charge on any atom is -0.490 e. The second kappa shape index (κ2) is 15.4. The zero-order valence-corrected chi connectivity index (χ0v) is 28.9. The third kappa shape index (κ3) is 7.27. The largest absolute Gasteiger partial charge is 0.490 e. The minimum absolute atomic E-state index is 0.248. The van der Waals surface area contributed by atoms with Gasteiger partial charge in [0.25, 0.3) is 5.91 Å².